The summed E-state index contributed by atoms with van der Waals surface area (Å²) in [5.74, 6) is 1.18. The van der Waals surface area contributed by atoms with Crippen molar-refractivity contribution in [2.45, 2.75) is 25.8 Å². The Morgan fingerprint density at radius 2 is 2.50 bits per heavy atom. The summed E-state index contributed by atoms with van der Waals surface area (Å²) >= 11 is 0. The molecular weight excluding hydrogens is 154 g/mol. The van der Waals surface area contributed by atoms with Gasteiger partial charge in [-0.2, -0.15) is 0 Å². The van der Waals surface area contributed by atoms with Crippen LogP contribution in [0.5, 0.6) is 0 Å². The van der Waals surface area contributed by atoms with Crippen molar-refractivity contribution in [1.82, 2.24) is 14.8 Å². The molecule has 2 rings (SSSR count). The third-order valence-corrected chi connectivity index (χ3v) is 2.43. The van der Waals surface area contributed by atoms with E-state index in [1.165, 1.54) is 19.3 Å². The van der Waals surface area contributed by atoms with Crippen molar-refractivity contribution >= 4 is 6.29 Å². The molecule has 0 unspecified atom stereocenters. The molecule has 1 aromatic rings. The highest BCUT2D eigenvalue weighted by Gasteiger charge is 2.18. The van der Waals surface area contributed by atoms with Crippen molar-refractivity contribution in [3.8, 4) is 0 Å². The minimum Gasteiger partial charge on any atom is -0.311 e. The maximum atomic E-state index is 10.5. The lowest BCUT2D eigenvalue weighted by Crippen LogP contribution is -2.18. The van der Waals surface area contributed by atoms with E-state index in [1.54, 1.807) is 6.33 Å². The van der Waals surface area contributed by atoms with Gasteiger partial charge in [-0.25, -0.2) is 0 Å². The van der Waals surface area contributed by atoms with Crippen LogP contribution >= 0.6 is 0 Å². The summed E-state index contributed by atoms with van der Waals surface area (Å²) in [4.78, 5) is 10.5. The van der Waals surface area contributed by atoms with Gasteiger partial charge >= 0.3 is 0 Å². The fraction of sp³-hybridized carbons (Fsp3) is 0.625. The van der Waals surface area contributed by atoms with E-state index >= 15 is 0 Å². The van der Waals surface area contributed by atoms with Crippen LogP contribution in [0.2, 0.25) is 0 Å². The second-order valence-corrected chi connectivity index (χ2v) is 3.26. The Morgan fingerprint density at radius 3 is 3.08 bits per heavy atom. The van der Waals surface area contributed by atoms with Crippen molar-refractivity contribution in [3.63, 3.8) is 0 Å². The predicted molar refractivity (Wildman–Crippen MR) is 42.8 cm³/mol. The first-order valence-corrected chi connectivity index (χ1v) is 4.23. The molecule has 1 aliphatic carbocycles. The lowest BCUT2D eigenvalue weighted by atomic mass is 9.85. The number of carbonyl (C=O) groups excluding carboxylic acids is 1. The molecule has 1 aliphatic rings. The molecule has 1 heterocycles. The molecule has 0 radical (unpaired) electrons. The molecule has 0 saturated heterocycles. The van der Waals surface area contributed by atoms with Gasteiger partial charge in [-0.1, -0.05) is 6.42 Å². The highest BCUT2D eigenvalue weighted by Crippen LogP contribution is 2.27. The number of rotatable bonds is 3. The van der Waals surface area contributed by atoms with Crippen molar-refractivity contribution in [1.29, 1.82) is 0 Å². The normalized spacial score (nSPS) is 17.3. The SMILES string of the molecule is O=Cc1nncn1CC1CCC1. The summed E-state index contributed by atoms with van der Waals surface area (Å²) in [6.45, 7) is 0.904. The first kappa shape index (κ1) is 7.46. The Morgan fingerprint density at radius 1 is 1.67 bits per heavy atom. The molecule has 0 bridgehead atoms. The van der Waals surface area contributed by atoms with Crippen LogP contribution < -0.4 is 0 Å². The zero-order valence-corrected chi connectivity index (χ0v) is 6.81. The van der Waals surface area contributed by atoms with Crippen molar-refractivity contribution in [2.24, 2.45) is 5.92 Å². The van der Waals surface area contributed by atoms with E-state index < -0.39 is 0 Å². The van der Waals surface area contributed by atoms with Gasteiger partial charge in [-0.3, -0.25) is 4.79 Å². The van der Waals surface area contributed by atoms with Gasteiger partial charge in [0, 0.05) is 6.54 Å². The lowest BCUT2D eigenvalue weighted by Gasteiger charge is -2.25. The third-order valence-electron chi connectivity index (χ3n) is 2.43. The Hall–Kier alpha value is -1.19. The summed E-state index contributed by atoms with van der Waals surface area (Å²) in [7, 11) is 0. The molecule has 1 aromatic heterocycles. The number of hydrogen-bond acceptors (Lipinski definition) is 3. The van der Waals surface area contributed by atoms with Gasteiger partial charge in [0.25, 0.3) is 0 Å². The van der Waals surface area contributed by atoms with Crippen molar-refractivity contribution < 1.29 is 4.79 Å². The van der Waals surface area contributed by atoms with E-state index in [9.17, 15) is 4.79 Å². The van der Waals surface area contributed by atoms with Crippen LogP contribution in [0.15, 0.2) is 6.33 Å². The van der Waals surface area contributed by atoms with Crippen LogP contribution in [0, 0.1) is 5.92 Å². The Labute approximate surface area is 70.6 Å². The first-order valence-electron chi connectivity index (χ1n) is 4.23. The van der Waals surface area contributed by atoms with Crippen LogP contribution in [0.25, 0.3) is 0 Å². The quantitative estimate of drug-likeness (QED) is 0.625. The second kappa shape index (κ2) is 3.05. The molecule has 0 N–H and O–H groups in total. The van der Waals surface area contributed by atoms with E-state index in [0.29, 0.717) is 5.82 Å². The first-order chi connectivity index (χ1) is 5.90. The molecule has 0 aliphatic heterocycles. The largest absolute Gasteiger partial charge is 0.311 e. The Kier molecular flexibility index (Phi) is 1.89. The maximum Gasteiger partial charge on any atom is 0.196 e. The predicted octanol–water partition coefficient (Wildman–Crippen LogP) is 0.891. The van der Waals surface area contributed by atoms with Gasteiger partial charge < -0.3 is 4.57 Å². The van der Waals surface area contributed by atoms with Crippen molar-refractivity contribution in [3.05, 3.63) is 12.2 Å². The number of hydrogen-bond donors (Lipinski definition) is 0. The lowest BCUT2D eigenvalue weighted by molar-refractivity contribution is 0.110. The van der Waals surface area contributed by atoms with Crippen LogP contribution in [0.1, 0.15) is 29.9 Å². The molecule has 0 aromatic carbocycles. The highest BCUT2D eigenvalue weighted by molar-refractivity contribution is 5.68. The zero-order valence-electron chi connectivity index (χ0n) is 6.81. The molecule has 64 valence electrons. The average Bonchev–Trinajstić information content (AvgIpc) is 2.43. The van der Waals surface area contributed by atoms with E-state index in [1.807, 2.05) is 4.57 Å². The molecular formula is C8H11N3O. The van der Waals surface area contributed by atoms with E-state index in [2.05, 4.69) is 10.2 Å². The van der Waals surface area contributed by atoms with Crippen molar-refractivity contribution in [2.75, 3.05) is 0 Å². The summed E-state index contributed by atoms with van der Waals surface area (Å²) in [5, 5.41) is 7.38. The monoisotopic (exact) mass is 165 g/mol. The molecule has 0 atom stereocenters. The maximum absolute atomic E-state index is 10.5. The van der Waals surface area contributed by atoms with E-state index in [0.717, 1.165) is 18.7 Å². The fourth-order valence-corrected chi connectivity index (χ4v) is 1.45. The van der Waals surface area contributed by atoms with Gasteiger partial charge in [-0.15, -0.1) is 10.2 Å². The topological polar surface area (TPSA) is 47.8 Å². The number of nitrogens with zero attached hydrogens (tertiary/aromatic N) is 3. The van der Waals surface area contributed by atoms with Crippen LogP contribution in [-0.4, -0.2) is 21.1 Å². The molecule has 0 spiro atoms. The summed E-state index contributed by atoms with van der Waals surface area (Å²) in [5.41, 5.74) is 0. The molecule has 1 fully saturated rings. The standard InChI is InChI=1S/C8H11N3O/c12-5-8-10-9-6-11(8)4-7-2-1-3-7/h5-7H,1-4H2. The van der Waals surface area contributed by atoms with Gasteiger partial charge in [0.1, 0.15) is 6.33 Å². The van der Waals surface area contributed by atoms with Crippen LogP contribution in [-0.2, 0) is 6.54 Å². The molecule has 4 nitrogen and oxygen atoms in total. The number of aldehydes is 1. The molecule has 0 amide bonds. The number of aromatic nitrogens is 3. The minimum atomic E-state index is 0.446. The van der Waals surface area contributed by atoms with Crippen LogP contribution in [0.3, 0.4) is 0 Å². The molecule has 4 heteroatoms. The average molecular weight is 165 g/mol. The van der Waals surface area contributed by atoms with Gasteiger partial charge in [-0.05, 0) is 18.8 Å². The van der Waals surface area contributed by atoms with Gasteiger partial charge in [0.05, 0.1) is 0 Å². The Bertz CT molecular complexity index is 278. The smallest absolute Gasteiger partial charge is 0.196 e. The third kappa shape index (κ3) is 1.24. The highest BCUT2D eigenvalue weighted by atomic mass is 16.1. The van der Waals surface area contributed by atoms with E-state index in [-0.39, 0.29) is 0 Å². The summed E-state index contributed by atoms with van der Waals surface area (Å²) < 4.78 is 1.83. The van der Waals surface area contributed by atoms with Crippen LogP contribution in [0.4, 0.5) is 0 Å². The second-order valence-electron chi connectivity index (χ2n) is 3.26. The van der Waals surface area contributed by atoms with E-state index in [4.69, 9.17) is 0 Å². The summed E-state index contributed by atoms with van der Waals surface area (Å²) in [6.07, 6.45) is 6.25. The number of carbonyl (C=O) groups is 1. The summed E-state index contributed by atoms with van der Waals surface area (Å²) in [6, 6.07) is 0. The Balaban J connectivity index is 2.05. The van der Waals surface area contributed by atoms with Gasteiger partial charge in [0.2, 0.25) is 0 Å². The molecule has 1 saturated carbocycles. The van der Waals surface area contributed by atoms with Gasteiger partial charge in [0.15, 0.2) is 12.1 Å². The zero-order chi connectivity index (χ0) is 8.39. The molecule has 12 heavy (non-hydrogen) atoms. The fourth-order valence-electron chi connectivity index (χ4n) is 1.45. The minimum absolute atomic E-state index is 0.446.